The monoisotopic (exact) mass is 704 g/mol. The van der Waals surface area contributed by atoms with Gasteiger partial charge in [-0.15, -0.1) is 0 Å². The quantitative estimate of drug-likeness (QED) is 0.169. The van der Waals surface area contributed by atoms with Gasteiger partial charge < -0.3 is 4.57 Å². The van der Waals surface area contributed by atoms with E-state index in [4.69, 9.17) is 4.98 Å². The second-order valence-corrected chi connectivity index (χ2v) is 14.4. The predicted molar refractivity (Wildman–Crippen MR) is 229 cm³/mol. The van der Waals surface area contributed by atoms with E-state index >= 15 is 0 Å². The molecule has 1 aliphatic rings. The van der Waals surface area contributed by atoms with Crippen LogP contribution in [0, 0.1) is 0 Å². The third-order valence-corrected chi connectivity index (χ3v) is 11.2. The molecule has 0 aliphatic heterocycles. The lowest BCUT2D eigenvalue weighted by molar-refractivity contribution is 0.840. The Bertz CT molecular complexity index is 3080. The first-order chi connectivity index (χ1) is 27.3. The highest BCUT2D eigenvalue weighted by Crippen LogP contribution is 2.44. The van der Waals surface area contributed by atoms with Gasteiger partial charge in [-0.2, -0.15) is 0 Å². The van der Waals surface area contributed by atoms with Gasteiger partial charge in [-0.25, -0.2) is 4.98 Å². The Morgan fingerprint density at radius 3 is 1.71 bits per heavy atom. The van der Waals surface area contributed by atoms with E-state index in [9.17, 15) is 0 Å². The van der Waals surface area contributed by atoms with Crippen molar-refractivity contribution in [3.05, 3.63) is 211 Å². The molecule has 1 aliphatic carbocycles. The van der Waals surface area contributed by atoms with Crippen LogP contribution in [0.5, 0.6) is 0 Å². The summed E-state index contributed by atoms with van der Waals surface area (Å²) in [5.41, 5.74) is 13.9. The van der Waals surface area contributed by atoms with E-state index in [2.05, 4.69) is 214 Å². The zero-order valence-electron chi connectivity index (χ0n) is 30.1. The molecule has 11 rings (SSSR count). The van der Waals surface area contributed by atoms with E-state index < -0.39 is 0 Å². The third kappa shape index (κ3) is 5.10. The van der Waals surface area contributed by atoms with Crippen LogP contribution in [0.25, 0.3) is 77.9 Å². The van der Waals surface area contributed by atoms with Gasteiger partial charge >= 0.3 is 0 Å². The maximum atomic E-state index is 5.51. The van der Waals surface area contributed by atoms with E-state index in [-0.39, 0.29) is 5.92 Å². The molecule has 0 N–H and O–H groups in total. The molecule has 0 amide bonds. The van der Waals surface area contributed by atoms with Gasteiger partial charge in [-0.05, 0) is 71.7 Å². The molecule has 7 aromatic carbocycles. The van der Waals surface area contributed by atoms with Gasteiger partial charge in [0.2, 0.25) is 0 Å². The normalized spacial score (nSPS) is 14.5. The van der Waals surface area contributed by atoms with Crippen molar-refractivity contribution in [2.75, 3.05) is 0 Å². The van der Waals surface area contributed by atoms with Gasteiger partial charge in [0.25, 0.3) is 0 Å². The minimum Gasteiger partial charge on any atom is -0.313 e. The van der Waals surface area contributed by atoms with Gasteiger partial charge in [0.05, 0.1) is 16.6 Å². The summed E-state index contributed by atoms with van der Waals surface area (Å²) in [4.78, 5) is 5.51. The highest BCUT2D eigenvalue weighted by atomic mass is 15.2. The predicted octanol–water partition coefficient (Wildman–Crippen LogP) is 12.9. The van der Waals surface area contributed by atoms with Crippen LogP contribution in [0.4, 0.5) is 0 Å². The van der Waals surface area contributed by atoms with Gasteiger partial charge in [-0.3, -0.25) is 9.13 Å². The maximum absolute atomic E-state index is 5.51. The largest absolute Gasteiger partial charge is 0.313 e. The Balaban J connectivity index is 1.24. The van der Waals surface area contributed by atoms with E-state index in [1.165, 1.54) is 44.2 Å². The third-order valence-electron chi connectivity index (χ3n) is 11.2. The van der Waals surface area contributed by atoms with Crippen LogP contribution < -0.4 is 0 Å². The molecule has 10 aromatic rings. The summed E-state index contributed by atoms with van der Waals surface area (Å²) in [5.74, 6) is 1.16. The second kappa shape index (κ2) is 12.8. The Morgan fingerprint density at radius 1 is 0.455 bits per heavy atom. The summed E-state index contributed by atoms with van der Waals surface area (Å²) in [6.07, 6.45) is 5.75. The van der Waals surface area contributed by atoms with Crippen LogP contribution >= 0.6 is 0 Å². The molecular formula is C51H36N4. The first kappa shape index (κ1) is 31.4. The van der Waals surface area contributed by atoms with Crippen LogP contribution in [0.15, 0.2) is 200 Å². The minimum atomic E-state index is 0.235. The molecule has 0 saturated carbocycles. The lowest BCUT2D eigenvalue weighted by Gasteiger charge is -2.24. The molecule has 4 heteroatoms. The van der Waals surface area contributed by atoms with Gasteiger partial charge in [0.1, 0.15) is 11.3 Å². The summed E-state index contributed by atoms with van der Waals surface area (Å²) in [7, 11) is 0. The molecule has 1 unspecified atom stereocenters. The Hall–Kier alpha value is -7.17. The molecule has 0 bridgehead atoms. The Kier molecular flexibility index (Phi) is 7.27. The van der Waals surface area contributed by atoms with Crippen LogP contribution in [-0.4, -0.2) is 18.7 Å². The molecule has 55 heavy (non-hydrogen) atoms. The van der Waals surface area contributed by atoms with Gasteiger partial charge in [0.15, 0.2) is 5.65 Å². The van der Waals surface area contributed by atoms with E-state index in [0.29, 0.717) is 0 Å². The molecule has 260 valence electrons. The number of hydrogen-bond donors (Lipinski definition) is 0. The molecule has 0 radical (unpaired) electrons. The van der Waals surface area contributed by atoms with Crippen molar-refractivity contribution < 1.29 is 0 Å². The fraction of sp³-hybridized carbons (Fsp3) is 0.0392. The van der Waals surface area contributed by atoms with Gasteiger partial charge in [0, 0.05) is 44.7 Å². The number of para-hydroxylation sites is 3. The molecule has 3 heterocycles. The summed E-state index contributed by atoms with van der Waals surface area (Å²) in [6.45, 7) is 0. The zero-order valence-corrected chi connectivity index (χ0v) is 30.1. The summed E-state index contributed by atoms with van der Waals surface area (Å²) >= 11 is 0. The van der Waals surface area contributed by atoms with Crippen molar-refractivity contribution in [2.24, 2.45) is 0 Å². The van der Waals surface area contributed by atoms with Crippen LogP contribution in [0.3, 0.4) is 0 Å². The number of rotatable bonds is 6. The van der Waals surface area contributed by atoms with Crippen molar-refractivity contribution in [1.29, 1.82) is 0 Å². The fourth-order valence-corrected chi connectivity index (χ4v) is 8.72. The van der Waals surface area contributed by atoms with Crippen molar-refractivity contribution in [3.8, 4) is 22.8 Å². The Labute approximate surface area is 319 Å². The molecule has 0 fully saturated rings. The van der Waals surface area contributed by atoms with Crippen molar-refractivity contribution in [1.82, 2.24) is 18.7 Å². The number of allylic oxidation sites excluding steroid dienone is 4. The van der Waals surface area contributed by atoms with Crippen molar-refractivity contribution in [2.45, 2.75) is 12.3 Å². The van der Waals surface area contributed by atoms with Gasteiger partial charge in [-0.1, -0.05) is 152 Å². The van der Waals surface area contributed by atoms with Crippen molar-refractivity contribution >= 4 is 55.1 Å². The summed E-state index contributed by atoms with van der Waals surface area (Å²) in [5, 5.41) is 3.63. The smallest absolute Gasteiger partial charge is 0.165 e. The number of benzene rings is 7. The summed E-state index contributed by atoms with van der Waals surface area (Å²) in [6, 6.07) is 67.4. The molecule has 4 nitrogen and oxygen atoms in total. The summed E-state index contributed by atoms with van der Waals surface area (Å²) < 4.78 is 7.23. The number of nitrogens with zero attached hydrogens (tertiary/aromatic N) is 4. The van der Waals surface area contributed by atoms with Crippen LogP contribution in [0.2, 0.25) is 0 Å². The highest BCUT2D eigenvalue weighted by Gasteiger charge is 2.27. The SMILES string of the molecule is C1=C(c2ccccc2)C=C(n2c3ccccc3c3cc4c5c(nc(-c6ccccc6)n5-c5ccccc5)n(-c5ccccc5)c4cc32)CC1c1ccccc1. The first-order valence-corrected chi connectivity index (χ1v) is 19.0. The number of imidazole rings is 1. The molecule has 3 aromatic heterocycles. The topological polar surface area (TPSA) is 27.7 Å². The minimum absolute atomic E-state index is 0.235. The molecule has 0 spiro atoms. The molecule has 0 saturated heterocycles. The molecular weight excluding hydrogens is 669 g/mol. The highest BCUT2D eigenvalue weighted by molar-refractivity contribution is 6.19. The lowest BCUT2D eigenvalue weighted by atomic mass is 9.85. The van der Waals surface area contributed by atoms with Crippen molar-refractivity contribution in [3.63, 3.8) is 0 Å². The average molecular weight is 705 g/mol. The van der Waals surface area contributed by atoms with E-state index in [0.717, 1.165) is 51.3 Å². The van der Waals surface area contributed by atoms with Crippen LogP contribution in [0.1, 0.15) is 23.5 Å². The maximum Gasteiger partial charge on any atom is 0.165 e. The standard InChI is InChI=1S/C51H36N4/c1-6-18-35(19-7-1)38-30-39(36-20-8-2-9-21-36)32-42(31-38)53-46-29-17-16-28-43(46)44-33-45-48(34-47(44)53)54(40-24-12-4-13-25-40)51-49(45)55(41-26-14-5-15-27-41)50(52-51)37-22-10-3-11-23-37/h1-31,33-34,39H,32H2. The van der Waals surface area contributed by atoms with E-state index in [1.807, 2.05) is 0 Å². The average Bonchev–Trinajstić information content (AvgIpc) is 3.91. The Morgan fingerprint density at radius 2 is 1.02 bits per heavy atom. The first-order valence-electron chi connectivity index (χ1n) is 19.0. The second-order valence-electron chi connectivity index (χ2n) is 14.4. The fourth-order valence-electron chi connectivity index (χ4n) is 8.72. The molecule has 1 atom stereocenters. The lowest BCUT2D eigenvalue weighted by Crippen LogP contribution is -2.08. The number of aromatic nitrogens is 4. The number of fused-ring (bicyclic) bond motifs is 6. The van der Waals surface area contributed by atoms with E-state index in [1.54, 1.807) is 0 Å². The number of hydrogen-bond acceptors (Lipinski definition) is 1. The van der Waals surface area contributed by atoms with Crippen LogP contribution in [-0.2, 0) is 0 Å². The zero-order chi connectivity index (χ0) is 36.3.